The van der Waals surface area contributed by atoms with Crippen LogP contribution in [0.4, 0.5) is 5.69 Å². The van der Waals surface area contributed by atoms with Crippen molar-refractivity contribution in [3.63, 3.8) is 0 Å². The molecule has 0 spiro atoms. The van der Waals surface area contributed by atoms with Crippen LogP contribution in [0.1, 0.15) is 22.8 Å². The number of aryl methyl sites for hydroxylation is 1. The predicted octanol–water partition coefficient (Wildman–Crippen LogP) is 3.02. The fourth-order valence-electron chi connectivity index (χ4n) is 2.22. The topological polar surface area (TPSA) is 84.5 Å². The van der Waals surface area contributed by atoms with Gasteiger partial charge in [-0.15, -0.1) is 11.8 Å². The lowest BCUT2D eigenvalue weighted by Gasteiger charge is -2.13. The second-order valence-corrected chi connectivity index (χ2v) is 6.88. The summed E-state index contributed by atoms with van der Waals surface area (Å²) >= 11 is 1.23. The highest BCUT2D eigenvalue weighted by molar-refractivity contribution is 8.00. The molecule has 0 aromatic heterocycles. The summed E-state index contributed by atoms with van der Waals surface area (Å²) in [5.41, 5.74) is 2.15. The van der Waals surface area contributed by atoms with Crippen LogP contribution in [-0.4, -0.2) is 36.7 Å². The van der Waals surface area contributed by atoms with Gasteiger partial charge in [0.15, 0.2) is 6.10 Å². The van der Waals surface area contributed by atoms with E-state index in [1.807, 2.05) is 31.2 Å². The number of amides is 2. The minimum atomic E-state index is -0.898. The molecule has 6 nitrogen and oxygen atoms in total. The second kappa shape index (κ2) is 9.78. The van der Waals surface area contributed by atoms with Gasteiger partial charge < -0.3 is 15.4 Å². The molecule has 0 saturated heterocycles. The Bertz CT molecular complexity index is 821. The van der Waals surface area contributed by atoms with E-state index in [9.17, 15) is 14.4 Å². The van der Waals surface area contributed by atoms with Crippen molar-refractivity contribution in [3.8, 4) is 0 Å². The monoisotopic (exact) mass is 386 g/mol. The Labute approximate surface area is 162 Å². The van der Waals surface area contributed by atoms with Gasteiger partial charge in [0.2, 0.25) is 5.91 Å². The van der Waals surface area contributed by atoms with E-state index in [2.05, 4.69) is 10.6 Å². The Morgan fingerprint density at radius 2 is 1.74 bits per heavy atom. The lowest BCUT2D eigenvalue weighted by Crippen LogP contribution is -2.33. The molecule has 0 aliphatic carbocycles. The highest BCUT2D eigenvalue weighted by atomic mass is 32.2. The summed E-state index contributed by atoms with van der Waals surface area (Å²) in [7, 11) is 1.48. The van der Waals surface area contributed by atoms with Gasteiger partial charge in [-0.3, -0.25) is 9.59 Å². The summed E-state index contributed by atoms with van der Waals surface area (Å²) in [5.74, 6) is -1.02. The molecule has 0 saturated carbocycles. The van der Waals surface area contributed by atoms with Gasteiger partial charge in [0.25, 0.3) is 5.91 Å². The quantitative estimate of drug-likeness (QED) is 0.564. The Morgan fingerprint density at radius 1 is 1.07 bits per heavy atom. The lowest BCUT2D eigenvalue weighted by atomic mass is 10.2. The SMILES string of the molecule is CNC(=O)[C@@H](C)OC(=O)c1ccccc1SCC(=O)Nc1ccc(C)cc1. The number of rotatable bonds is 7. The molecule has 0 unspecified atom stereocenters. The Balaban J connectivity index is 1.98. The van der Waals surface area contributed by atoms with E-state index in [4.69, 9.17) is 4.74 Å². The normalized spacial score (nSPS) is 11.4. The number of likely N-dealkylation sites (N-methyl/N-ethyl adjacent to an activating group) is 1. The number of esters is 1. The molecule has 0 bridgehead atoms. The van der Waals surface area contributed by atoms with E-state index in [1.165, 1.54) is 25.7 Å². The predicted molar refractivity (Wildman–Crippen MR) is 106 cm³/mol. The van der Waals surface area contributed by atoms with Crippen molar-refractivity contribution in [2.24, 2.45) is 0 Å². The molecule has 2 rings (SSSR count). The van der Waals surface area contributed by atoms with E-state index < -0.39 is 12.1 Å². The van der Waals surface area contributed by atoms with Crippen molar-refractivity contribution in [1.29, 1.82) is 0 Å². The Hall–Kier alpha value is -2.80. The molecule has 2 aromatic carbocycles. The van der Waals surface area contributed by atoms with Gasteiger partial charge in [-0.1, -0.05) is 29.8 Å². The van der Waals surface area contributed by atoms with Crippen LogP contribution >= 0.6 is 11.8 Å². The molecule has 0 aliphatic heterocycles. The zero-order chi connectivity index (χ0) is 19.8. The molecule has 2 N–H and O–H groups in total. The van der Waals surface area contributed by atoms with Gasteiger partial charge in [0.05, 0.1) is 11.3 Å². The van der Waals surface area contributed by atoms with Gasteiger partial charge in [0, 0.05) is 17.6 Å². The van der Waals surface area contributed by atoms with Gasteiger partial charge >= 0.3 is 5.97 Å². The molecule has 2 amide bonds. The van der Waals surface area contributed by atoms with Crippen molar-refractivity contribution in [3.05, 3.63) is 59.7 Å². The standard InChI is InChI=1S/C20H22N2O4S/c1-13-8-10-15(11-9-13)22-18(23)12-27-17-7-5-4-6-16(17)20(25)26-14(2)19(24)21-3/h4-11,14H,12H2,1-3H3,(H,21,24)(H,22,23)/t14-/m1/s1. The lowest BCUT2D eigenvalue weighted by molar-refractivity contribution is -0.128. The molecule has 1 atom stereocenters. The third-order valence-corrected chi connectivity index (χ3v) is 4.77. The Morgan fingerprint density at radius 3 is 2.41 bits per heavy atom. The number of anilines is 1. The average molecular weight is 386 g/mol. The van der Waals surface area contributed by atoms with Crippen molar-refractivity contribution < 1.29 is 19.1 Å². The number of carbonyl (C=O) groups is 3. The van der Waals surface area contributed by atoms with Gasteiger partial charge in [-0.25, -0.2) is 4.79 Å². The number of hydrogen-bond acceptors (Lipinski definition) is 5. The molecule has 0 fully saturated rings. The largest absolute Gasteiger partial charge is 0.449 e. The minimum absolute atomic E-state index is 0.142. The van der Waals surface area contributed by atoms with Crippen LogP contribution in [0, 0.1) is 6.92 Å². The van der Waals surface area contributed by atoms with Gasteiger partial charge in [-0.2, -0.15) is 0 Å². The number of carbonyl (C=O) groups excluding carboxylic acids is 3. The fraction of sp³-hybridized carbons (Fsp3) is 0.250. The van der Waals surface area contributed by atoms with Gasteiger partial charge in [0.1, 0.15) is 0 Å². The summed E-state index contributed by atoms with van der Waals surface area (Å²) in [4.78, 5) is 36.6. The third kappa shape index (κ3) is 6.14. The molecule has 0 aliphatic rings. The minimum Gasteiger partial charge on any atom is -0.449 e. The molecule has 0 heterocycles. The first-order valence-electron chi connectivity index (χ1n) is 8.41. The second-order valence-electron chi connectivity index (χ2n) is 5.86. The van der Waals surface area contributed by atoms with E-state index in [0.29, 0.717) is 10.5 Å². The van der Waals surface area contributed by atoms with Crippen molar-refractivity contribution in [2.75, 3.05) is 18.1 Å². The summed E-state index contributed by atoms with van der Waals surface area (Å²) in [6.07, 6.45) is -0.898. The number of nitrogens with one attached hydrogen (secondary N) is 2. The summed E-state index contributed by atoms with van der Waals surface area (Å²) in [5, 5.41) is 5.24. The highest BCUT2D eigenvalue weighted by Crippen LogP contribution is 2.24. The number of ether oxygens (including phenoxy) is 1. The fourth-order valence-corrected chi connectivity index (χ4v) is 3.06. The number of hydrogen-bond donors (Lipinski definition) is 2. The molecular formula is C20H22N2O4S. The number of thioether (sulfide) groups is 1. The first-order chi connectivity index (χ1) is 12.9. The first kappa shape index (κ1) is 20.5. The third-order valence-electron chi connectivity index (χ3n) is 3.70. The molecular weight excluding hydrogens is 364 g/mol. The summed E-state index contributed by atoms with van der Waals surface area (Å²) in [6, 6.07) is 14.3. The molecule has 2 aromatic rings. The van der Waals surface area contributed by atoms with Crippen LogP contribution in [0.5, 0.6) is 0 Å². The maximum Gasteiger partial charge on any atom is 0.340 e. The van der Waals surface area contributed by atoms with Crippen LogP contribution in [0.15, 0.2) is 53.4 Å². The van der Waals surface area contributed by atoms with Crippen LogP contribution in [0.2, 0.25) is 0 Å². The van der Waals surface area contributed by atoms with E-state index in [-0.39, 0.29) is 17.6 Å². The highest BCUT2D eigenvalue weighted by Gasteiger charge is 2.20. The van der Waals surface area contributed by atoms with Crippen LogP contribution < -0.4 is 10.6 Å². The van der Waals surface area contributed by atoms with E-state index >= 15 is 0 Å². The van der Waals surface area contributed by atoms with E-state index in [1.54, 1.807) is 24.3 Å². The Kier molecular flexibility index (Phi) is 7.43. The van der Waals surface area contributed by atoms with Crippen molar-refractivity contribution in [2.45, 2.75) is 24.8 Å². The van der Waals surface area contributed by atoms with Crippen LogP contribution in [-0.2, 0) is 14.3 Å². The molecule has 142 valence electrons. The first-order valence-corrected chi connectivity index (χ1v) is 9.40. The summed E-state index contributed by atoms with van der Waals surface area (Å²) in [6.45, 7) is 3.48. The zero-order valence-electron chi connectivity index (χ0n) is 15.4. The molecule has 0 radical (unpaired) electrons. The zero-order valence-corrected chi connectivity index (χ0v) is 16.3. The molecule has 27 heavy (non-hydrogen) atoms. The van der Waals surface area contributed by atoms with Crippen molar-refractivity contribution >= 4 is 35.2 Å². The smallest absolute Gasteiger partial charge is 0.340 e. The maximum absolute atomic E-state index is 12.3. The van der Waals surface area contributed by atoms with Crippen LogP contribution in [0.25, 0.3) is 0 Å². The van der Waals surface area contributed by atoms with E-state index in [0.717, 1.165) is 11.3 Å². The summed E-state index contributed by atoms with van der Waals surface area (Å²) < 4.78 is 5.18. The maximum atomic E-state index is 12.3. The molecule has 7 heteroatoms. The van der Waals surface area contributed by atoms with Crippen molar-refractivity contribution in [1.82, 2.24) is 5.32 Å². The average Bonchev–Trinajstić information content (AvgIpc) is 2.67. The number of benzene rings is 2. The van der Waals surface area contributed by atoms with Gasteiger partial charge in [-0.05, 0) is 38.1 Å². The van der Waals surface area contributed by atoms with Crippen LogP contribution in [0.3, 0.4) is 0 Å².